The van der Waals surface area contributed by atoms with Gasteiger partial charge < -0.3 is 4.90 Å². The predicted octanol–water partition coefficient (Wildman–Crippen LogP) is 3.75. The van der Waals surface area contributed by atoms with Crippen LogP contribution in [0.3, 0.4) is 0 Å². The topological polar surface area (TPSA) is 3.24 Å². The molecule has 0 spiro atoms. The zero-order chi connectivity index (χ0) is 14.6. The van der Waals surface area contributed by atoms with Crippen molar-refractivity contribution in [3.8, 4) is 0 Å². The lowest BCUT2D eigenvalue weighted by Gasteiger charge is -2.15. The van der Waals surface area contributed by atoms with E-state index in [-0.39, 0.29) is 5.82 Å². The van der Waals surface area contributed by atoms with Gasteiger partial charge in [0.05, 0.1) is 0 Å². The van der Waals surface area contributed by atoms with Crippen molar-refractivity contribution >= 4 is 20.1 Å². The summed E-state index contributed by atoms with van der Waals surface area (Å²) >= 11 is 0. The van der Waals surface area contributed by atoms with E-state index < -0.39 is 0 Å². The Morgan fingerprint density at radius 2 is 1.95 bits per heavy atom. The lowest BCUT2D eigenvalue weighted by atomic mass is 10.0. The minimum Gasteiger partial charge on any atom is -0.381 e. The molecule has 1 atom stereocenters. The molecule has 0 saturated heterocycles. The third-order valence-electron chi connectivity index (χ3n) is 3.16. The number of hydrogen-bond donors (Lipinski definition) is 0. The molecule has 19 heavy (non-hydrogen) atoms. The minimum absolute atomic E-state index is 0.214. The molecule has 1 aromatic carbocycles. The van der Waals surface area contributed by atoms with Crippen LogP contribution in [0.1, 0.15) is 19.4 Å². The van der Waals surface area contributed by atoms with Gasteiger partial charge in [0.1, 0.15) is 5.82 Å². The molecule has 1 aromatic rings. The summed E-state index contributed by atoms with van der Waals surface area (Å²) in [6.45, 7) is 7.97. The highest BCUT2D eigenvalue weighted by Gasteiger charge is 2.04. The van der Waals surface area contributed by atoms with Crippen molar-refractivity contribution in [3.05, 3.63) is 59.6 Å². The summed E-state index contributed by atoms with van der Waals surface area (Å²) in [7, 11) is 6.43. The number of rotatable bonds is 4. The maximum Gasteiger partial charge on any atom is 0.130 e. The van der Waals surface area contributed by atoms with Crippen LogP contribution >= 0.6 is 9.24 Å². The van der Waals surface area contributed by atoms with Gasteiger partial charge in [-0.2, -0.15) is 0 Å². The van der Waals surface area contributed by atoms with Crippen LogP contribution in [0.25, 0.3) is 5.57 Å². The Bertz CT molecular complexity index is 542. The Hall–Kier alpha value is -1.40. The van der Waals surface area contributed by atoms with E-state index in [9.17, 15) is 4.39 Å². The third kappa shape index (κ3) is 4.04. The van der Waals surface area contributed by atoms with E-state index in [0.717, 1.165) is 16.7 Å². The average molecular weight is 277 g/mol. The molecule has 0 fully saturated rings. The SMILES string of the molecule is C=C/C(=C\C(C)=C(/C)N(C)C)c1ccc(F)c(P)c1. The number of halogens is 1. The van der Waals surface area contributed by atoms with Crippen LogP contribution in [0, 0.1) is 5.82 Å². The summed E-state index contributed by atoms with van der Waals surface area (Å²) in [5, 5.41) is 0.566. The van der Waals surface area contributed by atoms with Gasteiger partial charge in [-0.05, 0) is 48.8 Å². The molecular weight excluding hydrogens is 256 g/mol. The van der Waals surface area contributed by atoms with Gasteiger partial charge in [0.2, 0.25) is 0 Å². The maximum absolute atomic E-state index is 13.3. The van der Waals surface area contributed by atoms with Crippen LogP contribution in [0.15, 0.2) is 48.2 Å². The van der Waals surface area contributed by atoms with Crippen molar-refractivity contribution in [2.45, 2.75) is 13.8 Å². The summed E-state index contributed by atoms with van der Waals surface area (Å²) in [5.41, 5.74) is 4.30. The molecule has 0 radical (unpaired) electrons. The van der Waals surface area contributed by atoms with Crippen LogP contribution in [-0.4, -0.2) is 19.0 Å². The number of nitrogens with zero attached hydrogens (tertiary/aromatic N) is 1. The van der Waals surface area contributed by atoms with Crippen LogP contribution < -0.4 is 5.30 Å². The van der Waals surface area contributed by atoms with Gasteiger partial charge in [-0.1, -0.05) is 18.7 Å². The van der Waals surface area contributed by atoms with Crippen molar-refractivity contribution in [1.29, 1.82) is 0 Å². The van der Waals surface area contributed by atoms with Crippen LogP contribution in [0.2, 0.25) is 0 Å². The van der Waals surface area contributed by atoms with E-state index in [1.165, 1.54) is 11.8 Å². The fraction of sp³-hybridized carbons (Fsp3) is 0.250. The van der Waals surface area contributed by atoms with Crippen LogP contribution in [0.4, 0.5) is 4.39 Å². The van der Waals surface area contributed by atoms with Crippen LogP contribution in [-0.2, 0) is 0 Å². The normalized spacial score (nSPS) is 13.1. The minimum atomic E-state index is -0.214. The van der Waals surface area contributed by atoms with Crippen LogP contribution in [0.5, 0.6) is 0 Å². The fourth-order valence-electron chi connectivity index (χ4n) is 1.67. The third-order valence-corrected chi connectivity index (χ3v) is 3.61. The summed E-state index contributed by atoms with van der Waals surface area (Å²) in [4.78, 5) is 2.07. The highest BCUT2D eigenvalue weighted by atomic mass is 31.0. The molecule has 0 aliphatic heterocycles. The van der Waals surface area contributed by atoms with Crippen molar-refractivity contribution in [2.75, 3.05) is 14.1 Å². The zero-order valence-electron chi connectivity index (χ0n) is 12.0. The average Bonchev–Trinajstić information content (AvgIpc) is 2.37. The highest BCUT2D eigenvalue weighted by molar-refractivity contribution is 7.27. The summed E-state index contributed by atoms with van der Waals surface area (Å²) in [6.07, 6.45) is 3.86. The lowest BCUT2D eigenvalue weighted by molar-refractivity contribution is 0.509. The molecule has 102 valence electrons. The first-order chi connectivity index (χ1) is 8.86. The van der Waals surface area contributed by atoms with Crippen molar-refractivity contribution < 1.29 is 4.39 Å². The molecule has 1 rings (SSSR count). The predicted molar refractivity (Wildman–Crippen MR) is 86.0 cm³/mol. The van der Waals surface area contributed by atoms with E-state index >= 15 is 0 Å². The lowest BCUT2D eigenvalue weighted by Crippen LogP contribution is -2.09. The molecule has 0 aromatic heterocycles. The van der Waals surface area contributed by atoms with E-state index in [0.29, 0.717) is 5.30 Å². The standard InChI is InChI=1S/C16H21FNP/c1-6-13(9-11(2)12(3)18(4)5)14-7-8-15(17)16(19)10-14/h6-10H,1,19H2,2-5H3/b12-11+,13-9+. The molecule has 3 heteroatoms. The Morgan fingerprint density at radius 3 is 2.42 bits per heavy atom. The smallest absolute Gasteiger partial charge is 0.130 e. The van der Waals surface area contributed by atoms with Gasteiger partial charge >= 0.3 is 0 Å². The first-order valence-corrected chi connectivity index (χ1v) is 6.69. The fourth-order valence-corrected chi connectivity index (χ4v) is 1.95. The van der Waals surface area contributed by atoms with Crippen molar-refractivity contribution in [2.24, 2.45) is 0 Å². The first-order valence-electron chi connectivity index (χ1n) is 6.11. The molecule has 0 N–H and O–H groups in total. The Morgan fingerprint density at radius 1 is 1.32 bits per heavy atom. The zero-order valence-corrected chi connectivity index (χ0v) is 13.2. The van der Waals surface area contributed by atoms with E-state index in [4.69, 9.17) is 0 Å². The Labute approximate surface area is 117 Å². The number of allylic oxidation sites excluding steroid dienone is 5. The molecule has 0 bridgehead atoms. The second kappa shape index (κ2) is 6.68. The van der Waals surface area contributed by atoms with Gasteiger partial charge in [-0.25, -0.2) is 4.39 Å². The maximum atomic E-state index is 13.3. The van der Waals surface area contributed by atoms with Gasteiger partial charge in [0.15, 0.2) is 0 Å². The molecule has 1 unspecified atom stereocenters. The molecule has 0 saturated carbocycles. The van der Waals surface area contributed by atoms with Gasteiger partial charge in [0, 0.05) is 25.1 Å². The Kier molecular flexibility index (Phi) is 5.50. The monoisotopic (exact) mass is 277 g/mol. The second-order valence-corrected chi connectivity index (χ2v) is 5.32. The number of hydrogen-bond acceptors (Lipinski definition) is 1. The summed E-state index contributed by atoms with van der Waals surface area (Å²) in [6, 6.07) is 5.06. The van der Waals surface area contributed by atoms with E-state index in [2.05, 4.69) is 40.6 Å². The Balaban J connectivity index is 3.24. The summed E-state index contributed by atoms with van der Waals surface area (Å²) in [5.74, 6) is -0.214. The largest absolute Gasteiger partial charge is 0.381 e. The van der Waals surface area contributed by atoms with Crippen molar-refractivity contribution in [3.63, 3.8) is 0 Å². The van der Waals surface area contributed by atoms with Gasteiger partial charge in [0.25, 0.3) is 0 Å². The highest BCUT2D eigenvalue weighted by Crippen LogP contribution is 2.20. The molecule has 0 aliphatic rings. The molecule has 0 aliphatic carbocycles. The van der Waals surface area contributed by atoms with E-state index in [1.807, 2.05) is 20.2 Å². The number of benzene rings is 1. The second-order valence-electron chi connectivity index (χ2n) is 4.70. The molecular formula is C16H21FNP. The first kappa shape index (κ1) is 15.7. The van der Waals surface area contributed by atoms with Gasteiger partial charge in [-0.15, -0.1) is 9.24 Å². The van der Waals surface area contributed by atoms with Gasteiger partial charge in [-0.3, -0.25) is 0 Å². The summed E-state index contributed by atoms with van der Waals surface area (Å²) < 4.78 is 13.3. The van der Waals surface area contributed by atoms with Crippen molar-refractivity contribution in [1.82, 2.24) is 4.90 Å². The van der Waals surface area contributed by atoms with E-state index in [1.54, 1.807) is 12.1 Å². The molecule has 1 nitrogen and oxygen atoms in total. The molecule has 0 amide bonds. The molecule has 0 heterocycles. The quantitative estimate of drug-likeness (QED) is 0.598.